The molecule has 0 aliphatic heterocycles. The molecule has 52 valence electrons. The quantitative estimate of drug-likeness (QED) is 0.608. The highest BCUT2D eigenvalue weighted by atomic mass is 32.0. The molecule has 0 saturated heterocycles. The predicted octanol–water partition coefficient (Wildman–Crippen LogP) is 3.14. The van der Waals surface area contributed by atoms with Gasteiger partial charge < -0.3 is 0 Å². The highest BCUT2D eigenvalue weighted by molar-refractivity contribution is 8.15. The van der Waals surface area contributed by atoms with Gasteiger partial charge in [0, 0.05) is 0 Å². The van der Waals surface area contributed by atoms with Crippen molar-refractivity contribution in [3.8, 4) is 0 Å². The van der Waals surface area contributed by atoms with Crippen molar-refractivity contribution >= 4 is 21.8 Å². The lowest BCUT2D eigenvalue weighted by molar-refractivity contribution is 1.53. The first kappa shape index (κ1) is 8.18. The van der Waals surface area contributed by atoms with Crippen molar-refractivity contribution < 1.29 is 0 Å². The van der Waals surface area contributed by atoms with Crippen LogP contribution >= 0.6 is 16.5 Å². The van der Waals surface area contributed by atoms with Crippen LogP contribution in [0.4, 0.5) is 0 Å². The second-order valence-corrected chi connectivity index (χ2v) is 4.97. The van der Waals surface area contributed by atoms with E-state index >= 15 is 0 Å². The zero-order valence-electron chi connectivity index (χ0n) is 5.99. The average Bonchev–Trinajstić information content (AvgIpc) is 2.03. The van der Waals surface area contributed by atoms with Crippen LogP contribution in [0, 0.1) is 0 Å². The number of rotatable bonds is 3. The van der Waals surface area contributed by atoms with Crippen molar-refractivity contribution in [2.24, 2.45) is 0 Å². The van der Waals surface area contributed by atoms with Gasteiger partial charge in [-0.15, -0.1) is 0 Å². The largest absolute Gasteiger partial charge is 0.0622 e. The molecule has 0 amide bonds. The Bertz CT molecular complexity index is 172. The SMILES string of the molecule is CC[P][P]c1ccccc1. The molecule has 0 N–H and O–H groups in total. The van der Waals surface area contributed by atoms with Gasteiger partial charge in [-0.25, -0.2) is 0 Å². The van der Waals surface area contributed by atoms with E-state index in [4.69, 9.17) is 0 Å². The van der Waals surface area contributed by atoms with Gasteiger partial charge in [-0.3, -0.25) is 0 Å². The highest BCUT2D eigenvalue weighted by Gasteiger charge is 1.89. The summed E-state index contributed by atoms with van der Waals surface area (Å²) in [5, 5.41) is 1.42. The van der Waals surface area contributed by atoms with Gasteiger partial charge in [0.2, 0.25) is 0 Å². The van der Waals surface area contributed by atoms with Crippen molar-refractivity contribution in [1.29, 1.82) is 0 Å². The number of benzene rings is 1. The van der Waals surface area contributed by atoms with Gasteiger partial charge in [-0.2, -0.15) is 0 Å². The summed E-state index contributed by atoms with van der Waals surface area (Å²) in [4.78, 5) is 0. The molecule has 1 rings (SSSR count). The Hall–Kier alpha value is 0.0800. The minimum atomic E-state index is 1.25. The lowest BCUT2D eigenvalue weighted by atomic mass is 10.4. The number of hydrogen-bond donors (Lipinski definition) is 0. The van der Waals surface area contributed by atoms with Crippen LogP contribution in [0.1, 0.15) is 6.92 Å². The molecule has 2 heteroatoms. The van der Waals surface area contributed by atoms with Crippen LogP contribution in [0.25, 0.3) is 0 Å². The predicted molar refractivity (Wildman–Crippen MR) is 50.5 cm³/mol. The summed E-state index contributed by atoms with van der Waals surface area (Å²) in [5.41, 5.74) is 0. The van der Waals surface area contributed by atoms with Crippen LogP contribution in [-0.4, -0.2) is 6.16 Å². The molecule has 0 aliphatic rings. The molecule has 2 radical (unpaired) electrons. The smallest absolute Gasteiger partial charge is 0.0109 e. The molecule has 0 aromatic heterocycles. The van der Waals surface area contributed by atoms with E-state index in [-0.39, 0.29) is 0 Å². The van der Waals surface area contributed by atoms with E-state index in [2.05, 4.69) is 37.3 Å². The lowest BCUT2D eigenvalue weighted by Gasteiger charge is -1.94. The maximum absolute atomic E-state index is 2.21. The van der Waals surface area contributed by atoms with Crippen LogP contribution < -0.4 is 5.30 Å². The van der Waals surface area contributed by atoms with E-state index in [9.17, 15) is 0 Å². The lowest BCUT2D eigenvalue weighted by Crippen LogP contribution is -1.87. The first-order valence-corrected chi connectivity index (χ1v) is 6.04. The van der Waals surface area contributed by atoms with Gasteiger partial charge in [0.05, 0.1) is 0 Å². The Morgan fingerprint density at radius 3 is 2.50 bits per heavy atom. The normalized spacial score (nSPS) is 12.1. The molecular formula is C8H10P2. The number of hydrogen-bond acceptors (Lipinski definition) is 0. The van der Waals surface area contributed by atoms with Gasteiger partial charge in [-0.1, -0.05) is 37.3 Å². The fourth-order valence-electron chi connectivity index (χ4n) is 0.647. The summed E-state index contributed by atoms with van der Waals surface area (Å²) < 4.78 is 0. The summed E-state index contributed by atoms with van der Waals surface area (Å²) >= 11 is 0. The Balaban J connectivity index is 2.43. The van der Waals surface area contributed by atoms with Crippen molar-refractivity contribution in [1.82, 2.24) is 0 Å². The van der Waals surface area contributed by atoms with Crippen LogP contribution in [0.3, 0.4) is 0 Å². The average molecular weight is 168 g/mol. The van der Waals surface area contributed by atoms with Gasteiger partial charge in [0.15, 0.2) is 0 Å². The third-order valence-corrected chi connectivity index (χ3v) is 4.00. The van der Waals surface area contributed by atoms with Crippen molar-refractivity contribution in [3.63, 3.8) is 0 Å². The molecule has 0 atom stereocenters. The fourth-order valence-corrected chi connectivity index (χ4v) is 2.57. The highest BCUT2D eigenvalue weighted by Crippen LogP contribution is 2.34. The first-order chi connectivity index (χ1) is 4.93. The summed E-state index contributed by atoms with van der Waals surface area (Å²) in [6.07, 6.45) is 1.25. The Labute approximate surface area is 65.9 Å². The zero-order chi connectivity index (χ0) is 7.23. The molecule has 0 fully saturated rings. The zero-order valence-corrected chi connectivity index (χ0v) is 7.78. The van der Waals surface area contributed by atoms with Crippen molar-refractivity contribution in [3.05, 3.63) is 30.3 Å². The van der Waals surface area contributed by atoms with Gasteiger partial charge >= 0.3 is 0 Å². The molecule has 0 unspecified atom stereocenters. The first-order valence-electron chi connectivity index (χ1n) is 3.36. The monoisotopic (exact) mass is 168 g/mol. The maximum atomic E-state index is 2.21. The molecule has 0 spiro atoms. The van der Waals surface area contributed by atoms with Gasteiger partial charge in [0.25, 0.3) is 0 Å². The van der Waals surface area contributed by atoms with Crippen molar-refractivity contribution in [2.75, 3.05) is 6.16 Å². The molecule has 0 aliphatic carbocycles. The summed E-state index contributed by atoms with van der Waals surface area (Å²) in [6.45, 7) is 2.21. The van der Waals surface area contributed by atoms with E-state index in [0.717, 1.165) is 0 Å². The summed E-state index contributed by atoms with van der Waals surface area (Å²) in [7, 11) is 2.93. The van der Waals surface area contributed by atoms with E-state index in [1.807, 2.05) is 0 Å². The molecule has 10 heavy (non-hydrogen) atoms. The van der Waals surface area contributed by atoms with Crippen molar-refractivity contribution in [2.45, 2.75) is 6.92 Å². The van der Waals surface area contributed by atoms with Gasteiger partial charge in [0.1, 0.15) is 0 Å². The molecule has 1 aromatic rings. The molecule has 0 heterocycles. The van der Waals surface area contributed by atoms with E-state index < -0.39 is 0 Å². The topological polar surface area (TPSA) is 0 Å². The molecule has 0 nitrogen and oxygen atoms in total. The van der Waals surface area contributed by atoms with E-state index in [1.165, 1.54) is 28.0 Å². The maximum Gasteiger partial charge on any atom is -0.0109 e. The second kappa shape index (κ2) is 4.83. The Morgan fingerprint density at radius 1 is 1.20 bits per heavy atom. The third-order valence-electron chi connectivity index (χ3n) is 1.08. The van der Waals surface area contributed by atoms with Crippen LogP contribution in [0.2, 0.25) is 0 Å². The minimum Gasteiger partial charge on any atom is -0.0622 e. The molecule has 1 aromatic carbocycles. The Kier molecular flexibility index (Phi) is 3.95. The molecular weight excluding hydrogens is 158 g/mol. The molecule has 0 bridgehead atoms. The minimum absolute atomic E-state index is 1.25. The summed E-state index contributed by atoms with van der Waals surface area (Å²) in [5.74, 6) is 0. The van der Waals surface area contributed by atoms with E-state index in [1.54, 1.807) is 0 Å². The Morgan fingerprint density at radius 2 is 1.90 bits per heavy atom. The van der Waals surface area contributed by atoms with Crippen LogP contribution in [0.5, 0.6) is 0 Å². The summed E-state index contributed by atoms with van der Waals surface area (Å²) in [6, 6.07) is 10.6. The second-order valence-electron chi connectivity index (χ2n) is 1.89. The third kappa shape index (κ3) is 2.78. The standard InChI is InChI=1S/C8H10P2/c1-2-9-10-8-6-4-3-5-7-8/h3-7H,2H2,1H3. The van der Waals surface area contributed by atoms with Gasteiger partial charge in [-0.05, 0) is 28.0 Å². The molecule has 0 saturated carbocycles. The van der Waals surface area contributed by atoms with Crippen LogP contribution in [0.15, 0.2) is 30.3 Å². The van der Waals surface area contributed by atoms with Crippen LogP contribution in [-0.2, 0) is 0 Å². The fraction of sp³-hybridized carbons (Fsp3) is 0.250. The van der Waals surface area contributed by atoms with E-state index in [0.29, 0.717) is 0 Å².